The van der Waals surface area contributed by atoms with Gasteiger partial charge < -0.3 is 0 Å². The smallest absolute Gasteiger partial charge is 0.187 e. The molecule has 0 amide bonds. The first-order chi connectivity index (χ1) is 6.49. The second-order valence-corrected chi connectivity index (χ2v) is 4.31. The Balaban J connectivity index is 2.74. The van der Waals surface area contributed by atoms with Crippen LogP contribution in [0.25, 0.3) is 0 Å². The molecular weight excluding hydrogens is 174 g/mol. The van der Waals surface area contributed by atoms with Gasteiger partial charge in [0.2, 0.25) is 0 Å². The van der Waals surface area contributed by atoms with Crippen LogP contribution in [-0.4, -0.2) is 10.8 Å². The summed E-state index contributed by atoms with van der Waals surface area (Å²) in [7, 11) is 0. The summed E-state index contributed by atoms with van der Waals surface area (Å²) in [6.07, 6.45) is 6.75. The number of pyridine rings is 1. The molecule has 0 saturated carbocycles. The van der Waals surface area contributed by atoms with Crippen molar-refractivity contribution in [2.45, 2.75) is 20.8 Å². The summed E-state index contributed by atoms with van der Waals surface area (Å²) in [4.78, 5) is 15.5. The van der Waals surface area contributed by atoms with E-state index < -0.39 is 0 Å². The van der Waals surface area contributed by atoms with E-state index in [1.165, 1.54) is 0 Å². The van der Waals surface area contributed by atoms with Crippen LogP contribution in [0.3, 0.4) is 0 Å². The molecule has 0 spiro atoms. The molecule has 2 heteroatoms. The lowest BCUT2D eigenvalue weighted by Gasteiger charge is -2.10. The number of ketones is 1. The van der Waals surface area contributed by atoms with Gasteiger partial charge in [-0.15, -0.1) is 0 Å². The minimum absolute atomic E-state index is 0.00743. The quantitative estimate of drug-likeness (QED) is 0.529. The van der Waals surface area contributed by atoms with E-state index in [9.17, 15) is 4.79 Å². The fraction of sp³-hybridized carbons (Fsp3) is 0.333. The Morgan fingerprint density at radius 1 is 1.43 bits per heavy atom. The summed E-state index contributed by atoms with van der Waals surface area (Å²) in [5.74, 6) is 0.00743. The fourth-order valence-electron chi connectivity index (χ4n) is 0.930. The van der Waals surface area contributed by atoms with Gasteiger partial charge in [0.25, 0.3) is 0 Å². The van der Waals surface area contributed by atoms with Crippen LogP contribution in [0.1, 0.15) is 31.1 Å². The average Bonchev–Trinajstić information content (AvgIpc) is 2.14. The second-order valence-electron chi connectivity index (χ2n) is 4.31. The van der Waals surface area contributed by atoms with Gasteiger partial charge >= 0.3 is 0 Å². The summed E-state index contributed by atoms with van der Waals surface area (Å²) >= 11 is 0. The number of nitrogens with zero attached hydrogens (tertiary/aromatic N) is 1. The monoisotopic (exact) mass is 189 g/mol. The lowest BCUT2D eigenvalue weighted by Crippen LogP contribution is -2.02. The van der Waals surface area contributed by atoms with Crippen molar-refractivity contribution in [2.75, 3.05) is 0 Å². The summed E-state index contributed by atoms with van der Waals surface area (Å²) in [6.45, 7) is 6.17. The van der Waals surface area contributed by atoms with E-state index in [2.05, 4.69) is 25.8 Å². The molecule has 0 aliphatic heterocycles. The topological polar surface area (TPSA) is 30.0 Å². The molecule has 0 saturated heterocycles. The van der Waals surface area contributed by atoms with Crippen molar-refractivity contribution in [3.63, 3.8) is 0 Å². The molecule has 2 nitrogen and oxygen atoms in total. The van der Waals surface area contributed by atoms with Gasteiger partial charge in [0.05, 0.1) is 0 Å². The van der Waals surface area contributed by atoms with E-state index >= 15 is 0 Å². The molecule has 0 aliphatic carbocycles. The highest BCUT2D eigenvalue weighted by Crippen LogP contribution is 2.15. The van der Waals surface area contributed by atoms with Crippen LogP contribution in [0.2, 0.25) is 0 Å². The maximum absolute atomic E-state index is 11.6. The first-order valence-electron chi connectivity index (χ1n) is 4.63. The van der Waals surface area contributed by atoms with Gasteiger partial charge in [-0.05, 0) is 23.6 Å². The Morgan fingerprint density at radius 2 is 2.14 bits per heavy atom. The molecule has 0 bridgehead atoms. The third kappa shape index (κ3) is 3.52. The minimum Gasteiger partial charge on any atom is -0.289 e. The van der Waals surface area contributed by atoms with Gasteiger partial charge in [-0.2, -0.15) is 0 Å². The molecule has 1 aromatic rings. The van der Waals surface area contributed by atoms with Crippen molar-refractivity contribution >= 4 is 5.78 Å². The second kappa shape index (κ2) is 4.18. The standard InChI is InChI=1S/C12H15NO/c1-12(2,3)7-6-11(14)10-5-4-8-13-9-10/h4-9H,1-3H3. The summed E-state index contributed by atoms with van der Waals surface area (Å²) in [6, 6.07) is 3.53. The van der Waals surface area contributed by atoms with Crippen LogP contribution >= 0.6 is 0 Å². The molecule has 0 N–H and O–H groups in total. The predicted octanol–water partition coefficient (Wildman–Crippen LogP) is 2.87. The van der Waals surface area contributed by atoms with Crippen LogP contribution in [0.4, 0.5) is 0 Å². The van der Waals surface area contributed by atoms with Gasteiger partial charge in [0.1, 0.15) is 0 Å². The predicted molar refractivity (Wildman–Crippen MR) is 57.2 cm³/mol. The SMILES string of the molecule is CC(C)(C)C=CC(=O)c1cccnc1. The Labute approximate surface area is 84.7 Å². The van der Waals surface area contributed by atoms with Crippen LogP contribution in [-0.2, 0) is 0 Å². The number of carbonyl (C=O) groups is 1. The number of allylic oxidation sites excluding steroid dienone is 2. The molecule has 0 aromatic carbocycles. The Bertz CT molecular complexity index is 333. The number of carbonyl (C=O) groups excluding carboxylic acids is 1. The first kappa shape index (κ1) is 10.6. The normalized spacial score (nSPS) is 11.9. The lowest BCUT2D eigenvalue weighted by molar-refractivity contribution is 0.104. The van der Waals surface area contributed by atoms with E-state index in [0.29, 0.717) is 5.56 Å². The highest BCUT2D eigenvalue weighted by Gasteiger charge is 2.06. The Hall–Kier alpha value is -1.44. The molecule has 1 rings (SSSR count). The fourth-order valence-corrected chi connectivity index (χ4v) is 0.930. The molecule has 14 heavy (non-hydrogen) atoms. The van der Waals surface area contributed by atoms with Crippen LogP contribution in [0.15, 0.2) is 36.7 Å². The van der Waals surface area contributed by atoms with E-state index in [0.717, 1.165) is 0 Å². The van der Waals surface area contributed by atoms with Crippen LogP contribution in [0.5, 0.6) is 0 Å². The van der Waals surface area contributed by atoms with E-state index in [1.807, 2.05) is 6.08 Å². The van der Waals surface area contributed by atoms with Gasteiger partial charge in [0, 0.05) is 18.0 Å². The number of hydrogen-bond donors (Lipinski definition) is 0. The average molecular weight is 189 g/mol. The van der Waals surface area contributed by atoms with Crippen molar-refractivity contribution in [3.05, 3.63) is 42.2 Å². The summed E-state index contributed by atoms with van der Waals surface area (Å²) in [5, 5.41) is 0. The van der Waals surface area contributed by atoms with Crippen LogP contribution < -0.4 is 0 Å². The number of rotatable bonds is 2. The lowest BCUT2D eigenvalue weighted by atomic mass is 9.95. The van der Waals surface area contributed by atoms with Crippen molar-refractivity contribution in [1.82, 2.24) is 4.98 Å². The third-order valence-corrected chi connectivity index (χ3v) is 1.68. The Kier molecular flexibility index (Phi) is 3.18. The molecule has 0 atom stereocenters. The molecule has 74 valence electrons. The number of aromatic nitrogens is 1. The zero-order chi connectivity index (χ0) is 10.6. The van der Waals surface area contributed by atoms with Gasteiger partial charge in [-0.3, -0.25) is 9.78 Å². The van der Waals surface area contributed by atoms with Crippen molar-refractivity contribution in [2.24, 2.45) is 5.41 Å². The van der Waals surface area contributed by atoms with Gasteiger partial charge in [-0.25, -0.2) is 0 Å². The third-order valence-electron chi connectivity index (χ3n) is 1.68. The van der Waals surface area contributed by atoms with E-state index in [1.54, 1.807) is 30.6 Å². The maximum atomic E-state index is 11.6. The zero-order valence-corrected chi connectivity index (χ0v) is 8.82. The van der Waals surface area contributed by atoms with Gasteiger partial charge in [-0.1, -0.05) is 26.8 Å². The Morgan fingerprint density at radius 3 is 2.64 bits per heavy atom. The molecule has 0 aliphatic rings. The van der Waals surface area contributed by atoms with Crippen molar-refractivity contribution in [3.8, 4) is 0 Å². The largest absolute Gasteiger partial charge is 0.289 e. The summed E-state index contributed by atoms with van der Waals surface area (Å²) in [5.41, 5.74) is 0.672. The first-order valence-corrected chi connectivity index (χ1v) is 4.63. The highest BCUT2D eigenvalue weighted by molar-refractivity contribution is 6.04. The molecule has 0 unspecified atom stereocenters. The zero-order valence-electron chi connectivity index (χ0n) is 8.82. The maximum Gasteiger partial charge on any atom is 0.187 e. The minimum atomic E-state index is 0.00743. The van der Waals surface area contributed by atoms with Crippen molar-refractivity contribution < 1.29 is 4.79 Å². The van der Waals surface area contributed by atoms with E-state index in [4.69, 9.17) is 0 Å². The molecule has 1 heterocycles. The molecule has 0 fully saturated rings. The molecule has 0 radical (unpaired) electrons. The van der Waals surface area contributed by atoms with Gasteiger partial charge in [0.15, 0.2) is 5.78 Å². The van der Waals surface area contributed by atoms with E-state index in [-0.39, 0.29) is 11.2 Å². The molecular formula is C12H15NO. The molecule has 1 aromatic heterocycles. The summed E-state index contributed by atoms with van der Waals surface area (Å²) < 4.78 is 0. The number of hydrogen-bond acceptors (Lipinski definition) is 2. The highest BCUT2D eigenvalue weighted by atomic mass is 16.1. The van der Waals surface area contributed by atoms with Crippen molar-refractivity contribution in [1.29, 1.82) is 0 Å². The van der Waals surface area contributed by atoms with Crippen LogP contribution in [0, 0.1) is 5.41 Å².